The molecule has 2 rings (SSSR count). The highest BCUT2D eigenvalue weighted by molar-refractivity contribution is 7.99. The summed E-state index contributed by atoms with van der Waals surface area (Å²) in [7, 11) is 0. The van der Waals surface area contributed by atoms with Gasteiger partial charge in [-0.25, -0.2) is 4.79 Å². The molecule has 0 saturated carbocycles. The van der Waals surface area contributed by atoms with Crippen LogP contribution in [0.4, 0.5) is 0 Å². The zero-order valence-electron chi connectivity index (χ0n) is 9.23. The van der Waals surface area contributed by atoms with E-state index >= 15 is 0 Å². The Kier molecular flexibility index (Phi) is 3.10. The van der Waals surface area contributed by atoms with E-state index in [9.17, 15) is 14.7 Å². The van der Waals surface area contributed by atoms with Gasteiger partial charge in [0.1, 0.15) is 16.9 Å². The molecule has 92 valence electrons. The summed E-state index contributed by atoms with van der Waals surface area (Å²) in [6, 6.07) is 0. The summed E-state index contributed by atoms with van der Waals surface area (Å²) in [6.45, 7) is 1.61. The maximum absolute atomic E-state index is 11.9. The van der Waals surface area contributed by atoms with Gasteiger partial charge in [0.25, 0.3) is 5.91 Å². The minimum Gasteiger partial charge on any atom is -0.479 e. The van der Waals surface area contributed by atoms with Gasteiger partial charge >= 0.3 is 5.97 Å². The number of aliphatic carboxylic acids is 1. The summed E-state index contributed by atoms with van der Waals surface area (Å²) in [5.74, 6) is 0.0560. The van der Waals surface area contributed by atoms with E-state index in [4.69, 9.17) is 4.52 Å². The second-order valence-corrected chi connectivity index (χ2v) is 5.04. The van der Waals surface area contributed by atoms with Gasteiger partial charge in [0.2, 0.25) is 0 Å². The van der Waals surface area contributed by atoms with Crippen molar-refractivity contribution in [1.82, 2.24) is 10.5 Å². The van der Waals surface area contributed by atoms with Crippen molar-refractivity contribution in [1.29, 1.82) is 0 Å². The number of hydrogen-bond acceptors (Lipinski definition) is 5. The van der Waals surface area contributed by atoms with Gasteiger partial charge in [0.15, 0.2) is 0 Å². The molecule has 1 aromatic heterocycles. The fraction of sp³-hybridized carbons (Fsp3) is 0.500. The Morgan fingerprint density at radius 3 is 2.88 bits per heavy atom. The van der Waals surface area contributed by atoms with Crippen LogP contribution < -0.4 is 5.32 Å². The number of aromatic nitrogens is 1. The number of rotatable bonds is 3. The third kappa shape index (κ3) is 2.14. The Labute approximate surface area is 102 Å². The number of aryl methyl sites for hydroxylation is 1. The lowest BCUT2D eigenvalue weighted by Gasteiger charge is -2.24. The van der Waals surface area contributed by atoms with Gasteiger partial charge in [0, 0.05) is 5.75 Å². The first-order valence-electron chi connectivity index (χ1n) is 5.10. The third-order valence-corrected chi connectivity index (χ3v) is 3.97. The molecule has 6 nitrogen and oxygen atoms in total. The van der Waals surface area contributed by atoms with E-state index < -0.39 is 17.4 Å². The molecule has 1 aliphatic rings. The van der Waals surface area contributed by atoms with Crippen LogP contribution in [0.1, 0.15) is 22.5 Å². The van der Waals surface area contributed by atoms with E-state index in [1.54, 1.807) is 6.92 Å². The van der Waals surface area contributed by atoms with Gasteiger partial charge < -0.3 is 14.9 Å². The Morgan fingerprint density at radius 1 is 1.65 bits per heavy atom. The van der Waals surface area contributed by atoms with Gasteiger partial charge in [-0.05, 0) is 19.1 Å². The molecule has 1 aliphatic heterocycles. The van der Waals surface area contributed by atoms with Crippen LogP contribution in [0, 0.1) is 6.92 Å². The van der Waals surface area contributed by atoms with Crippen LogP contribution in [0.25, 0.3) is 0 Å². The van der Waals surface area contributed by atoms with Crippen molar-refractivity contribution in [3.63, 3.8) is 0 Å². The highest BCUT2D eigenvalue weighted by Crippen LogP contribution is 2.28. The Hall–Kier alpha value is -1.50. The second kappa shape index (κ2) is 4.40. The average molecular weight is 256 g/mol. The van der Waals surface area contributed by atoms with Gasteiger partial charge in [0.05, 0.1) is 6.20 Å². The van der Waals surface area contributed by atoms with Gasteiger partial charge in [-0.15, -0.1) is 0 Å². The number of amides is 1. The summed E-state index contributed by atoms with van der Waals surface area (Å²) < 4.78 is 4.78. The van der Waals surface area contributed by atoms with Crippen molar-refractivity contribution < 1.29 is 19.2 Å². The SMILES string of the molecule is Cc1oncc1C(=O)NC1(C(=O)O)CCSC1. The van der Waals surface area contributed by atoms with Gasteiger partial charge in [-0.1, -0.05) is 5.16 Å². The quantitative estimate of drug-likeness (QED) is 0.826. The number of nitrogens with zero attached hydrogens (tertiary/aromatic N) is 1. The Bertz CT molecular complexity index is 451. The van der Waals surface area contributed by atoms with E-state index in [0.29, 0.717) is 17.9 Å². The fourth-order valence-corrected chi connectivity index (χ4v) is 3.01. The van der Waals surface area contributed by atoms with Crippen LogP contribution >= 0.6 is 11.8 Å². The summed E-state index contributed by atoms with van der Waals surface area (Å²) >= 11 is 1.52. The van der Waals surface area contributed by atoms with Gasteiger partial charge in [-0.2, -0.15) is 11.8 Å². The molecular weight excluding hydrogens is 244 g/mol. The van der Waals surface area contributed by atoms with Crippen molar-refractivity contribution in [3.05, 3.63) is 17.5 Å². The summed E-state index contributed by atoms with van der Waals surface area (Å²) in [4.78, 5) is 23.2. The fourth-order valence-electron chi connectivity index (χ4n) is 1.69. The molecular formula is C10H12N2O4S. The normalized spacial score (nSPS) is 23.6. The molecule has 2 heterocycles. The van der Waals surface area contributed by atoms with Crippen molar-refractivity contribution in [2.75, 3.05) is 11.5 Å². The van der Waals surface area contributed by atoms with Crippen LogP contribution in [0.15, 0.2) is 10.7 Å². The maximum atomic E-state index is 11.9. The lowest BCUT2D eigenvalue weighted by Crippen LogP contribution is -2.54. The molecule has 1 unspecified atom stereocenters. The number of thioether (sulfide) groups is 1. The first-order valence-corrected chi connectivity index (χ1v) is 6.25. The minimum atomic E-state index is -1.16. The molecule has 2 N–H and O–H groups in total. The van der Waals surface area contributed by atoms with E-state index in [0.717, 1.165) is 5.75 Å². The first kappa shape index (κ1) is 12.0. The Balaban J connectivity index is 2.17. The number of carbonyl (C=O) groups excluding carboxylic acids is 1. The van der Waals surface area contributed by atoms with Gasteiger partial charge in [-0.3, -0.25) is 4.79 Å². The molecule has 17 heavy (non-hydrogen) atoms. The van der Waals surface area contributed by atoms with Crippen molar-refractivity contribution in [2.24, 2.45) is 0 Å². The number of carboxylic acid groups (broad SMARTS) is 1. The number of nitrogens with one attached hydrogen (secondary N) is 1. The lowest BCUT2D eigenvalue weighted by molar-refractivity contribution is -0.143. The smallest absolute Gasteiger partial charge is 0.330 e. The molecule has 1 atom stereocenters. The highest BCUT2D eigenvalue weighted by Gasteiger charge is 2.43. The molecule has 0 aliphatic carbocycles. The molecule has 0 spiro atoms. The zero-order valence-corrected chi connectivity index (χ0v) is 10.0. The summed E-state index contributed by atoms with van der Waals surface area (Å²) in [5.41, 5.74) is -0.881. The van der Waals surface area contributed by atoms with E-state index in [-0.39, 0.29) is 5.56 Å². The number of hydrogen-bond donors (Lipinski definition) is 2. The third-order valence-electron chi connectivity index (χ3n) is 2.78. The molecule has 1 aromatic rings. The van der Waals surface area contributed by atoms with Crippen LogP contribution in [-0.2, 0) is 4.79 Å². The molecule has 0 aromatic carbocycles. The van der Waals surface area contributed by atoms with Crippen LogP contribution in [-0.4, -0.2) is 39.2 Å². The molecule has 1 amide bonds. The topological polar surface area (TPSA) is 92.4 Å². The minimum absolute atomic E-state index is 0.280. The second-order valence-electron chi connectivity index (χ2n) is 3.94. The average Bonchev–Trinajstić information content (AvgIpc) is 2.87. The van der Waals surface area contributed by atoms with Crippen molar-refractivity contribution in [3.8, 4) is 0 Å². The van der Waals surface area contributed by atoms with Crippen LogP contribution in [0.2, 0.25) is 0 Å². The first-order chi connectivity index (χ1) is 8.05. The van der Waals surface area contributed by atoms with E-state index in [2.05, 4.69) is 10.5 Å². The van der Waals surface area contributed by atoms with Crippen molar-refractivity contribution in [2.45, 2.75) is 18.9 Å². The lowest BCUT2D eigenvalue weighted by atomic mass is 9.98. The van der Waals surface area contributed by atoms with Crippen LogP contribution in [0.3, 0.4) is 0 Å². The molecule has 7 heteroatoms. The predicted molar refractivity (Wildman–Crippen MR) is 61.0 cm³/mol. The molecule has 0 radical (unpaired) electrons. The Morgan fingerprint density at radius 2 is 2.41 bits per heavy atom. The predicted octanol–water partition coefficient (Wildman–Crippen LogP) is 0.673. The molecule has 1 fully saturated rings. The number of carbonyl (C=O) groups is 2. The highest BCUT2D eigenvalue weighted by atomic mass is 32.2. The summed E-state index contributed by atoms with van der Waals surface area (Å²) in [6.07, 6.45) is 1.73. The van der Waals surface area contributed by atoms with E-state index in [1.165, 1.54) is 18.0 Å². The standard InChI is InChI=1S/C10H12N2O4S/c1-6-7(4-11-16-6)8(13)12-10(9(14)15)2-3-17-5-10/h4H,2-3,5H2,1H3,(H,12,13)(H,14,15). The number of carboxylic acids is 1. The monoisotopic (exact) mass is 256 g/mol. The van der Waals surface area contributed by atoms with E-state index in [1.807, 2.05) is 0 Å². The zero-order chi connectivity index (χ0) is 12.5. The summed E-state index contributed by atoms with van der Waals surface area (Å²) in [5, 5.41) is 15.3. The largest absolute Gasteiger partial charge is 0.479 e. The van der Waals surface area contributed by atoms with Crippen LogP contribution in [0.5, 0.6) is 0 Å². The van der Waals surface area contributed by atoms with Crippen molar-refractivity contribution >= 4 is 23.6 Å². The molecule has 0 bridgehead atoms. The molecule has 1 saturated heterocycles. The maximum Gasteiger partial charge on any atom is 0.330 e.